The second kappa shape index (κ2) is 3.74. The van der Waals surface area contributed by atoms with Gasteiger partial charge in [-0.1, -0.05) is 0 Å². The van der Waals surface area contributed by atoms with E-state index in [-0.39, 0.29) is 18.2 Å². The molecule has 3 fully saturated rings. The largest absolute Gasteiger partial charge is 0.393 e. The lowest BCUT2D eigenvalue weighted by Crippen LogP contribution is -2.54. The molecule has 0 unspecified atom stereocenters. The van der Waals surface area contributed by atoms with Gasteiger partial charge in [-0.25, -0.2) is 0 Å². The fraction of sp³-hybridized carbons (Fsp3) is 0.615. The molecule has 4 rings (SSSR count). The van der Waals surface area contributed by atoms with Crippen molar-refractivity contribution in [3.05, 3.63) is 24.3 Å². The van der Waals surface area contributed by atoms with E-state index in [4.69, 9.17) is 4.74 Å². The van der Waals surface area contributed by atoms with E-state index in [1.54, 1.807) is 23.5 Å². The molecule has 1 aromatic rings. The molecule has 2 aliphatic heterocycles. The number of aliphatic hydroxyl groups excluding tert-OH is 1. The summed E-state index contributed by atoms with van der Waals surface area (Å²) in [5, 5.41) is 9.46. The van der Waals surface area contributed by atoms with Gasteiger partial charge in [0.05, 0.1) is 24.0 Å². The Hall–Kier alpha value is -1.53. The third kappa shape index (κ3) is 1.47. The summed E-state index contributed by atoms with van der Waals surface area (Å²) in [7, 11) is 0. The summed E-state index contributed by atoms with van der Waals surface area (Å²) in [6.07, 6.45) is 6.94. The van der Waals surface area contributed by atoms with Gasteiger partial charge >= 0.3 is 0 Å². The van der Waals surface area contributed by atoms with E-state index in [1.807, 2.05) is 0 Å². The van der Waals surface area contributed by atoms with Crippen molar-refractivity contribution in [1.29, 1.82) is 0 Å². The van der Waals surface area contributed by atoms with Crippen molar-refractivity contribution in [3.63, 3.8) is 0 Å². The molecule has 3 aliphatic rings. The third-order valence-electron chi connectivity index (χ3n) is 4.37. The van der Waals surface area contributed by atoms with E-state index >= 15 is 0 Å². The molecule has 1 amide bonds. The number of nitrogens with zero attached hydrogens (tertiary/aromatic N) is 3. The first-order valence-corrected chi connectivity index (χ1v) is 6.64. The Morgan fingerprint density at radius 1 is 1.37 bits per heavy atom. The number of fused-ring (bicyclic) bond motifs is 1. The number of amides is 1. The Morgan fingerprint density at radius 3 is 2.89 bits per heavy atom. The summed E-state index contributed by atoms with van der Waals surface area (Å²) in [6, 6.07) is -0.0386. The number of hydrogen-bond donors (Lipinski definition) is 1. The predicted octanol–water partition coefficient (Wildman–Crippen LogP) is 0.390. The van der Waals surface area contributed by atoms with Crippen LogP contribution in [-0.4, -0.2) is 43.8 Å². The summed E-state index contributed by atoms with van der Waals surface area (Å²) >= 11 is 0. The van der Waals surface area contributed by atoms with Crippen molar-refractivity contribution in [2.75, 3.05) is 0 Å². The highest BCUT2D eigenvalue weighted by atomic mass is 16.6. The Bertz CT molecular complexity index is 515. The zero-order valence-electron chi connectivity index (χ0n) is 10.4. The summed E-state index contributed by atoms with van der Waals surface area (Å²) < 4.78 is 5.91. The minimum atomic E-state index is -0.759. The molecule has 3 heterocycles. The smallest absolute Gasteiger partial charge is 0.257 e. The fourth-order valence-electron chi connectivity index (χ4n) is 3.46. The topological polar surface area (TPSA) is 75.6 Å². The van der Waals surface area contributed by atoms with Crippen LogP contribution in [0.5, 0.6) is 0 Å². The van der Waals surface area contributed by atoms with E-state index in [2.05, 4.69) is 9.97 Å². The zero-order chi connectivity index (χ0) is 13.0. The van der Waals surface area contributed by atoms with Crippen LogP contribution in [-0.2, 0) is 9.53 Å². The first kappa shape index (κ1) is 11.3. The Labute approximate surface area is 110 Å². The molecule has 2 saturated heterocycles. The van der Waals surface area contributed by atoms with Gasteiger partial charge in [-0.3, -0.25) is 14.8 Å². The molecular formula is C13H15N3O3. The molecule has 1 aliphatic carbocycles. The van der Waals surface area contributed by atoms with E-state index in [0.29, 0.717) is 12.8 Å². The SMILES string of the molecule is O=C1N2[C@H](CC[C@@H]2c2cnccn2)OC12CC(O)C2. The number of aliphatic hydroxyl groups is 1. The van der Waals surface area contributed by atoms with Gasteiger partial charge in [0.25, 0.3) is 5.91 Å². The number of aromatic nitrogens is 2. The number of carbonyl (C=O) groups excluding carboxylic acids is 1. The number of hydrogen-bond acceptors (Lipinski definition) is 5. The van der Waals surface area contributed by atoms with Crippen molar-refractivity contribution in [2.45, 2.75) is 49.7 Å². The molecule has 100 valence electrons. The van der Waals surface area contributed by atoms with Gasteiger partial charge in [0, 0.05) is 25.2 Å². The summed E-state index contributed by atoms with van der Waals surface area (Å²) in [5.74, 6) is 0.0101. The Balaban J connectivity index is 1.63. The maximum absolute atomic E-state index is 12.6. The van der Waals surface area contributed by atoms with Crippen LogP contribution in [0.2, 0.25) is 0 Å². The first-order chi connectivity index (χ1) is 9.20. The molecule has 1 spiro atoms. The Morgan fingerprint density at radius 2 is 2.21 bits per heavy atom. The summed E-state index contributed by atoms with van der Waals surface area (Å²) in [5.41, 5.74) is 0.0594. The average molecular weight is 261 g/mol. The first-order valence-electron chi connectivity index (χ1n) is 6.64. The van der Waals surface area contributed by atoms with Crippen LogP contribution < -0.4 is 0 Å². The molecule has 6 nitrogen and oxygen atoms in total. The second-order valence-electron chi connectivity index (χ2n) is 5.56. The molecule has 0 bridgehead atoms. The molecule has 1 N–H and O–H groups in total. The summed E-state index contributed by atoms with van der Waals surface area (Å²) in [4.78, 5) is 22.7. The van der Waals surface area contributed by atoms with Crippen LogP contribution in [0.4, 0.5) is 0 Å². The monoisotopic (exact) mass is 261 g/mol. The van der Waals surface area contributed by atoms with Gasteiger partial charge < -0.3 is 14.7 Å². The third-order valence-corrected chi connectivity index (χ3v) is 4.37. The highest BCUT2D eigenvalue weighted by molar-refractivity contribution is 5.89. The van der Waals surface area contributed by atoms with Crippen LogP contribution in [0.3, 0.4) is 0 Å². The second-order valence-corrected chi connectivity index (χ2v) is 5.56. The maximum Gasteiger partial charge on any atom is 0.257 e. The fourth-order valence-corrected chi connectivity index (χ4v) is 3.46. The van der Waals surface area contributed by atoms with Crippen molar-refractivity contribution in [1.82, 2.24) is 14.9 Å². The van der Waals surface area contributed by atoms with E-state index < -0.39 is 11.7 Å². The van der Waals surface area contributed by atoms with Gasteiger partial charge in [0.15, 0.2) is 5.60 Å². The summed E-state index contributed by atoms with van der Waals surface area (Å²) in [6.45, 7) is 0. The van der Waals surface area contributed by atoms with Crippen LogP contribution >= 0.6 is 0 Å². The minimum Gasteiger partial charge on any atom is -0.393 e. The number of rotatable bonds is 1. The normalized spacial score (nSPS) is 40.6. The molecule has 6 heteroatoms. The molecule has 19 heavy (non-hydrogen) atoms. The minimum absolute atomic E-state index is 0.0101. The van der Waals surface area contributed by atoms with Crippen LogP contribution in [0.15, 0.2) is 18.6 Å². The molecule has 0 aromatic carbocycles. The molecule has 1 saturated carbocycles. The van der Waals surface area contributed by atoms with Gasteiger partial charge in [-0.05, 0) is 12.8 Å². The zero-order valence-corrected chi connectivity index (χ0v) is 10.4. The van der Waals surface area contributed by atoms with Crippen LogP contribution in [0.1, 0.15) is 37.4 Å². The maximum atomic E-state index is 12.6. The van der Waals surface area contributed by atoms with E-state index in [1.165, 1.54) is 0 Å². The lowest BCUT2D eigenvalue weighted by molar-refractivity contribution is -0.165. The molecule has 1 aromatic heterocycles. The highest BCUT2D eigenvalue weighted by Crippen LogP contribution is 2.50. The number of ether oxygens (including phenoxy) is 1. The van der Waals surface area contributed by atoms with Crippen molar-refractivity contribution >= 4 is 5.91 Å². The Kier molecular flexibility index (Phi) is 2.23. The quantitative estimate of drug-likeness (QED) is 0.791. The van der Waals surface area contributed by atoms with Gasteiger partial charge in [-0.2, -0.15) is 0 Å². The standard InChI is InChI=1S/C13H15N3O3/c17-8-5-13(6-8)12(18)16-10(1-2-11(16)19-13)9-7-14-3-4-15-9/h3-4,7-8,10-11,17H,1-2,5-6H2/t8?,10-,11+,13?/m1/s1. The van der Waals surface area contributed by atoms with Crippen molar-refractivity contribution < 1.29 is 14.6 Å². The van der Waals surface area contributed by atoms with Crippen molar-refractivity contribution in [3.8, 4) is 0 Å². The molecular weight excluding hydrogens is 246 g/mol. The van der Waals surface area contributed by atoms with Crippen LogP contribution in [0, 0.1) is 0 Å². The number of carbonyl (C=O) groups is 1. The lowest BCUT2D eigenvalue weighted by atomic mass is 9.76. The predicted molar refractivity (Wildman–Crippen MR) is 63.7 cm³/mol. The van der Waals surface area contributed by atoms with Gasteiger partial charge in [0.1, 0.15) is 6.23 Å². The lowest BCUT2D eigenvalue weighted by Gasteiger charge is -2.39. The van der Waals surface area contributed by atoms with Gasteiger partial charge in [0.2, 0.25) is 0 Å². The van der Waals surface area contributed by atoms with E-state index in [0.717, 1.165) is 18.5 Å². The van der Waals surface area contributed by atoms with E-state index in [9.17, 15) is 9.90 Å². The van der Waals surface area contributed by atoms with Crippen LogP contribution in [0.25, 0.3) is 0 Å². The molecule has 0 radical (unpaired) electrons. The highest BCUT2D eigenvalue weighted by Gasteiger charge is 2.62. The van der Waals surface area contributed by atoms with Gasteiger partial charge in [-0.15, -0.1) is 0 Å². The molecule has 2 atom stereocenters. The average Bonchev–Trinajstić information content (AvgIpc) is 2.90. The van der Waals surface area contributed by atoms with Crippen molar-refractivity contribution in [2.24, 2.45) is 0 Å².